The molecule has 7 heavy (non-hydrogen) atoms. The van der Waals surface area contributed by atoms with Gasteiger partial charge in [-0.3, -0.25) is 0 Å². The van der Waals surface area contributed by atoms with Crippen molar-refractivity contribution in [2.45, 2.75) is 0 Å². The Morgan fingerprint density at radius 1 is 1.29 bits per heavy atom. The summed E-state index contributed by atoms with van der Waals surface area (Å²) < 4.78 is 0. The molecule has 0 aromatic heterocycles. The third-order valence-corrected chi connectivity index (χ3v) is 0.305. The first-order valence-electron chi connectivity index (χ1n) is 1.75. The summed E-state index contributed by atoms with van der Waals surface area (Å²) in [6.07, 6.45) is 0. The first-order chi connectivity index (χ1) is 3.06. The zero-order chi connectivity index (χ0) is 5.91. The molecule has 0 rings (SSSR count). The molecule has 0 aliphatic heterocycles. The first kappa shape index (κ1) is 6.76. The van der Waals surface area contributed by atoms with Crippen LogP contribution in [-0.4, -0.2) is 12.0 Å². The molecular weight excluding hydrogens is 96.1 g/mol. The molecule has 0 fully saturated rings. The molecule has 6 heteroatoms. The normalized spacial score (nSPS) is 12.0. The number of rotatable bonds is 2. The molecule has 0 aliphatic carbocycles. The molecule has 8 N–H and O–H groups in total. The van der Waals surface area contributed by atoms with E-state index < -0.39 is 4.92 Å². The maximum absolute atomic E-state index is 4.97. The summed E-state index contributed by atoms with van der Waals surface area (Å²) >= 11 is 0. The summed E-state index contributed by atoms with van der Waals surface area (Å²) in [5.41, 5.74) is 4.76. The molecule has 0 bridgehead atoms. The Morgan fingerprint density at radius 2 is 1.71 bits per heavy atom. The van der Waals surface area contributed by atoms with Gasteiger partial charge in [0.25, 0.3) is 0 Å². The minimum absolute atomic E-state index is 0.767. The Kier molecular flexibility index (Phi) is 2.09. The molecule has 0 aromatic carbocycles. The van der Waals surface area contributed by atoms with Crippen LogP contribution in [0.2, 0.25) is 0 Å². The second kappa shape index (κ2) is 2.17. The highest BCUT2D eigenvalue weighted by Gasteiger charge is 2.04. The molecule has 0 atom stereocenters. The predicted molar refractivity (Wildman–Crippen MR) is 25.0 cm³/mol. The van der Waals surface area contributed by atoms with Gasteiger partial charge in [-0.1, -0.05) is 0 Å². The molecule has 0 aliphatic rings. The number of nitrogens with one attached hydrogen (secondary N) is 2. The third kappa shape index (κ3) is 5.76. The van der Waals surface area contributed by atoms with E-state index in [9.17, 15) is 0 Å². The highest BCUT2D eigenvalue weighted by molar-refractivity contribution is 3.90. The fraction of sp³-hybridized carbons (Fsp3) is 1.00. The number of nitrogens with zero attached hydrogens (tertiary/aromatic N) is 1. The van der Waals surface area contributed by atoms with Gasteiger partial charge in [0.05, 0.1) is 0 Å². The Labute approximate surface area is 41.7 Å². The maximum atomic E-state index is 4.97. The van der Waals surface area contributed by atoms with Crippen molar-refractivity contribution in [3.63, 3.8) is 0 Å². The number of hydrazine groups is 1. The Bertz CT molecular complexity index is 42.6. The van der Waals surface area contributed by atoms with E-state index in [-0.39, 0.29) is 0 Å². The lowest BCUT2D eigenvalue weighted by atomic mass is 11.5. The largest absolute Gasteiger partial charge is 0.210 e. The second-order valence-corrected chi connectivity index (χ2v) is 1.20. The fourth-order valence-electron chi connectivity index (χ4n) is 0.194. The monoisotopic (exact) mass is 107 g/mol. The minimum atomic E-state index is -0.767. The molecule has 6 nitrogen and oxygen atoms in total. The topological polar surface area (TPSA) is 102 Å². The summed E-state index contributed by atoms with van der Waals surface area (Å²) in [5.74, 6) is 14.9. The molecule has 0 saturated carbocycles. The number of quaternary nitrogens is 1. The van der Waals surface area contributed by atoms with Gasteiger partial charge in [-0.15, -0.1) is 17.5 Å². The molecule has 0 heterocycles. The van der Waals surface area contributed by atoms with Gasteiger partial charge in [-0.25, -0.2) is 5.43 Å². The van der Waals surface area contributed by atoms with Crippen molar-refractivity contribution < 1.29 is 4.92 Å². The fourth-order valence-corrected chi connectivity index (χ4v) is 0.194. The average Bonchev–Trinajstić information content (AvgIpc) is 1.30. The third-order valence-electron chi connectivity index (χ3n) is 0.305. The van der Waals surface area contributed by atoms with Crippen LogP contribution in [-0.2, 0) is 0 Å². The standard InChI is InChI=1S/CH11N6/c1-5-6-7(2,3)4/h5-6H,2-4H2,1H3/q+1. The van der Waals surface area contributed by atoms with Crippen LogP contribution >= 0.6 is 0 Å². The van der Waals surface area contributed by atoms with Gasteiger partial charge in [-0.2, -0.15) is 0 Å². The van der Waals surface area contributed by atoms with Crippen LogP contribution < -0.4 is 28.5 Å². The van der Waals surface area contributed by atoms with Crippen LogP contribution in [0.25, 0.3) is 0 Å². The lowest BCUT2D eigenvalue weighted by molar-refractivity contribution is -1.01. The lowest BCUT2D eigenvalue weighted by Crippen LogP contribution is -2.76. The van der Waals surface area contributed by atoms with Gasteiger partial charge in [0.2, 0.25) is 0 Å². The SMILES string of the molecule is CNN[N+](N)(N)N. The van der Waals surface area contributed by atoms with Gasteiger partial charge in [0.1, 0.15) is 0 Å². The number of hydrogen-bond donors (Lipinski definition) is 5. The minimum Gasteiger partial charge on any atom is -0.210 e. The van der Waals surface area contributed by atoms with E-state index >= 15 is 0 Å². The van der Waals surface area contributed by atoms with Gasteiger partial charge in [-0.05, 0) is 10.5 Å². The first-order valence-corrected chi connectivity index (χ1v) is 1.75. The molecular formula is CH11N6+. The molecule has 0 amide bonds. The quantitative estimate of drug-likeness (QED) is 0.148. The summed E-state index contributed by atoms with van der Waals surface area (Å²) in [7, 11) is 1.61. The van der Waals surface area contributed by atoms with Crippen molar-refractivity contribution in [3.05, 3.63) is 0 Å². The molecule has 0 unspecified atom stereocenters. The van der Waals surface area contributed by atoms with E-state index in [2.05, 4.69) is 11.0 Å². The van der Waals surface area contributed by atoms with Gasteiger partial charge < -0.3 is 0 Å². The molecule has 0 aromatic rings. The van der Waals surface area contributed by atoms with Crippen LogP contribution in [0.15, 0.2) is 0 Å². The number of hydrogen-bond acceptors (Lipinski definition) is 5. The lowest BCUT2D eigenvalue weighted by Gasteiger charge is -2.17. The van der Waals surface area contributed by atoms with Crippen LogP contribution in [0.3, 0.4) is 0 Å². The van der Waals surface area contributed by atoms with Gasteiger partial charge in [0, 0.05) is 7.05 Å². The maximum Gasteiger partial charge on any atom is 0.00358 e. The van der Waals surface area contributed by atoms with E-state index in [0.29, 0.717) is 0 Å². The molecule has 0 saturated heterocycles. The second-order valence-electron chi connectivity index (χ2n) is 1.20. The number of nitrogens with two attached hydrogens (primary N) is 3. The predicted octanol–water partition coefficient (Wildman–Crippen LogP) is -2.94. The molecule has 44 valence electrons. The van der Waals surface area contributed by atoms with Crippen molar-refractivity contribution >= 4 is 0 Å². The van der Waals surface area contributed by atoms with Gasteiger partial charge in [0.15, 0.2) is 0 Å². The van der Waals surface area contributed by atoms with Crippen molar-refractivity contribution in [1.82, 2.24) is 11.0 Å². The summed E-state index contributed by atoms with van der Waals surface area (Å²) in [6.45, 7) is 0. The highest BCUT2D eigenvalue weighted by atomic mass is 16.1. The van der Waals surface area contributed by atoms with Crippen molar-refractivity contribution in [2.75, 3.05) is 7.05 Å². The Hall–Kier alpha value is -0.240. The van der Waals surface area contributed by atoms with E-state index in [1.807, 2.05) is 0 Å². The average molecular weight is 107 g/mol. The van der Waals surface area contributed by atoms with Crippen LogP contribution in [0.5, 0.6) is 0 Å². The van der Waals surface area contributed by atoms with E-state index in [1.165, 1.54) is 0 Å². The smallest absolute Gasteiger partial charge is 0.00358 e. The van der Waals surface area contributed by atoms with Crippen molar-refractivity contribution in [3.8, 4) is 0 Å². The molecule has 0 radical (unpaired) electrons. The van der Waals surface area contributed by atoms with Gasteiger partial charge >= 0.3 is 0 Å². The summed E-state index contributed by atoms with van der Waals surface area (Å²) in [5, 5.41) is 0. The van der Waals surface area contributed by atoms with E-state index in [4.69, 9.17) is 17.5 Å². The molecule has 0 spiro atoms. The van der Waals surface area contributed by atoms with Crippen molar-refractivity contribution in [2.24, 2.45) is 17.5 Å². The zero-order valence-corrected chi connectivity index (χ0v) is 4.18. The Morgan fingerprint density at radius 3 is 1.71 bits per heavy atom. The van der Waals surface area contributed by atoms with Crippen LogP contribution in [0, 0.1) is 0 Å². The van der Waals surface area contributed by atoms with Crippen LogP contribution in [0.1, 0.15) is 0 Å². The van der Waals surface area contributed by atoms with E-state index in [1.54, 1.807) is 7.05 Å². The zero-order valence-electron chi connectivity index (χ0n) is 4.18. The highest BCUT2D eigenvalue weighted by Crippen LogP contribution is 1.49. The van der Waals surface area contributed by atoms with Crippen LogP contribution in [0.4, 0.5) is 0 Å². The van der Waals surface area contributed by atoms with Crippen molar-refractivity contribution in [1.29, 1.82) is 0 Å². The Balaban J connectivity index is 3.15. The summed E-state index contributed by atoms with van der Waals surface area (Å²) in [4.78, 5) is -0.767. The van der Waals surface area contributed by atoms with E-state index in [0.717, 1.165) is 0 Å². The summed E-state index contributed by atoms with van der Waals surface area (Å²) in [6, 6.07) is 0.